The van der Waals surface area contributed by atoms with Crippen LogP contribution in [0.5, 0.6) is 0 Å². The van der Waals surface area contributed by atoms with Gasteiger partial charge in [0.1, 0.15) is 5.82 Å². The van der Waals surface area contributed by atoms with E-state index in [-0.39, 0.29) is 5.91 Å². The van der Waals surface area contributed by atoms with Crippen LogP contribution >= 0.6 is 0 Å². The molecular weight excluding hydrogens is 255 g/mol. The Hall–Kier alpha value is -2.36. The number of hydrogen-bond acceptors (Lipinski definition) is 2. The van der Waals surface area contributed by atoms with Crippen molar-refractivity contribution in [1.29, 1.82) is 0 Å². The Bertz CT molecular complexity index is 608. The van der Waals surface area contributed by atoms with E-state index in [9.17, 15) is 9.18 Å². The first-order valence-corrected chi connectivity index (χ1v) is 6.45. The first-order valence-electron chi connectivity index (χ1n) is 6.45. The largest absolute Gasteiger partial charge is 0.397 e. The second kappa shape index (κ2) is 6.19. The fraction of sp³-hybridized carbons (Fsp3) is 0.188. The third kappa shape index (κ3) is 3.82. The molecule has 104 valence electrons. The molecule has 0 aromatic heterocycles. The van der Waals surface area contributed by atoms with Crippen molar-refractivity contribution < 1.29 is 9.18 Å². The zero-order chi connectivity index (χ0) is 14.5. The lowest BCUT2D eigenvalue weighted by Gasteiger charge is -2.08. The molecule has 0 radical (unpaired) electrons. The van der Waals surface area contributed by atoms with Gasteiger partial charge in [-0.05, 0) is 37.1 Å². The van der Waals surface area contributed by atoms with Crippen molar-refractivity contribution >= 4 is 17.3 Å². The van der Waals surface area contributed by atoms with Gasteiger partial charge in [0.2, 0.25) is 5.91 Å². The van der Waals surface area contributed by atoms with Crippen LogP contribution in [0.25, 0.3) is 0 Å². The van der Waals surface area contributed by atoms with Crippen LogP contribution in [0.3, 0.4) is 0 Å². The van der Waals surface area contributed by atoms with Gasteiger partial charge in [0, 0.05) is 6.42 Å². The van der Waals surface area contributed by atoms with Gasteiger partial charge in [-0.2, -0.15) is 0 Å². The monoisotopic (exact) mass is 272 g/mol. The summed E-state index contributed by atoms with van der Waals surface area (Å²) in [6.07, 6.45) is 0.973. The third-order valence-electron chi connectivity index (χ3n) is 3.05. The number of aryl methyl sites for hydroxylation is 2. The van der Waals surface area contributed by atoms with E-state index >= 15 is 0 Å². The number of nitrogens with two attached hydrogens (primary N) is 1. The highest BCUT2D eigenvalue weighted by atomic mass is 19.1. The van der Waals surface area contributed by atoms with Crippen LogP contribution in [0.4, 0.5) is 15.8 Å². The molecule has 4 heteroatoms. The minimum atomic E-state index is -0.423. The quantitative estimate of drug-likeness (QED) is 0.839. The summed E-state index contributed by atoms with van der Waals surface area (Å²) >= 11 is 0. The summed E-state index contributed by atoms with van der Waals surface area (Å²) in [4.78, 5) is 11.8. The summed E-state index contributed by atoms with van der Waals surface area (Å²) in [5.74, 6) is -0.601. The normalized spacial score (nSPS) is 10.3. The number of amides is 1. The predicted molar refractivity (Wildman–Crippen MR) is 78.9 cm³/mol. The molecule has 0 heterocycles. The van der Waals surface area contributed by atoms with Gasteiger partial charge in [0.05, 0.1) is 11.4 Å². The van der Waals surface area contributed by atoms with Crippen LogP contribution in [-0.4, -0.2) is 5.91 Å². The number of nitrogen functional groups attached to an aromatic ring is 1. The van der Waals surface area contributed by atoms with Gasteiger partial charge in [0.15, 0.2) is 0 Å². The van der Waals surface area contributed by atoms with Gasteiger partial charge in [-0.1, -0.05) is 29.8 Å². The highest BCUT2D eigenvalue weighted by molar-refractivity contribution is 5.93. The third-order valence-corrected chi connectivity index (χ3v) is 3.05. The molecule has 20 heavy (non-hydrogen) atoms. The molecule has 3 nitrogen and oxygen atoms in total. The molecule has 2 rings (SSSR count). The van der Waals surface area contributed by atoms with Crippen molar-refractivity contribution in [2.45, 2.75) is 19.8 Å². The lowest BCUT2D eigenvalue weighted by Crippen LogP contribution is -2.13. The average molecular weight is 272 g/mol. The second-order valence-electron chi connectivity index (χ2n) is 4.77. The minimum absolute atomic E-state index is 0.178. The van der Waals surface area contributed by atoms with Crippen molar-refractivity contribution in [3.63, 3.8) is 0 Å². The number of carbonyl (C=O) groups excluding carboxylic acids is 1. The van der Waals surface area contributed by atoms with Gasteiger partial charge in [-0.15, -0.1) is 0 Å². The Morgan fingerprint density at radius 2 is 1.90 bits per heavy atom. The smallest absolute Gasteiger partial charge is 0.224 e. The summed E-state index contributed by atoms with van der Waals surface area (Å²) in [7, 11) is 0. The van der Waals surface area contributed by atoms with Gasteiger partial charge in [-0.25, -0.2) is 4.39 Å². The number of rotatable bonds is 4. The number of hydrogen-bond donors (Lipinski definition) is 2. The molecule has 2 aromatic carbocycles. The molecule has 0 bridgehead atoms. The standard InChI is InChI=1S/C16H17FN2O/c1-11-2-4-12(5-3-11)6-9-16(20)19-15-10-13(17)7-8-14(15)18/h2-5,7-8,10H,6,9,18H2,1H3,(H,19,20). The van der Waals surface area contributed by atoms with E-state index in [1.54, 1.807) is 0 Å². The molecule has 0 atom stereocenters. The fourth-order valence-corrected chi connectivity index (χ4v) is 1.86. The SMILES string of the molecule is Cc1ccc(CCC(=O)Nc2cc(F)ccc2N)cc1. The molecule has 3 N–H and O–H groups in total. The van der Waals surface area contributed by atoms with Crippen LogP contribution in [-0.2, 0) is 11.2 Å². The molecule has 0 aliphatic carbocycles. The highest BCUT2D eigenvalue weighted by Gasteiger charge is 2.06. The molecule has 0 spiro atoms. The Morgan fingerprint density at radius 3 is 2.60 bits per heavy atom. The molecule has 0 aliphatic rings. The van der Waals surface area contributed by atoms with Crippen molar-refractivity contribution in [2.75, 3.05) is 11.1 Å². The van der Waals surface area contributed by atoms with Crippen molar-refractivity contribution in [2.24, 2.45) is 0 Å². The van der Waals surface area contributed by atoms with Crippen LogP contribution < -0.4 is 11.1 Å². The van der Waals surface area contributed by atoms with E-state index < -0.39 is 5.82 Å². The Kier molecular flexibility index (Phi) is 4.35. The predicted octanol–water partition coefficient (Wildman–Crippen LogP) is 3.29. The topological polar surface area (TPSA) is 55.1 Å². The minimum Gasteiger partial charge on any atom is -0.397 e. The second-order valence-corrected chi connectivity index (χ2v) is 4.77. The van der Waals surface area contributed by atoms with Gasteiger partial charge in [-0.3, -0.25) is 4.79 Å². The zero-order valence-electron chi connectivity index (χ0n) is 11.3. The molecular formula is C16H17FN2O. The summed E-state index contributed by atoms with van der Waals surface area (Å²) < 4.78 is 13.1. The van der Waals surface area contributed by atoms with Crippen LogP contribution in [0, 0.1) is 12.7 Å². The van der Waals surface area contributed by atoms with E-state index in [2.05, 4.69) is 5.32 Å². The molecule has 1 amide bonds. The maximum Gasteiger partial charge on any atom is 0.224 e. The highest BCUT2D eigenvalue weighted by Crippen LogP contribution is 2.19. The lowest BCUT2D eigenvalue weighted by atomic mass is 10.1. The van der Waals surface area contributed by atoms with Gasteiger partial charge in [0.25, 0.3) is 0 Å². The average Bonchev–Trinajstić information content (AvgIpc) is 2.42. The molecule has 2 aromatic rings. The zero-order valence-corrected chi connectivity index (χ0v) is 11.3. The van der Waals surface area contributed by atoms with E-state index in [1.165, 1.54) is 23.8 Å². The maximum absolute atomic E-state index is 13.1. The molecule has 0 saturated carbocycles. The van der Waals surface area contributed by atoms with E-state index in [0.717, 1.165) is 5.56 Å². The fourth-order valence-electron chi connectivity index (χ4n) is 1.86. The summed E-state index contributed by atoms with van der Waals surface area (Å²) in [5, 5.41) is 2.63. The van der Waals surface area contributed by atoms with E-state index in [0.29, 0.717) is 24.2 Å². The first-order chi connectivity index (χ1) is 9.54. The number of benzene rings is 2. The first kappa shape index (κ1) is 14.1. The summed E-state index contributed by atoms with van der Waals surface area (Å²) in [5.41, 5.74) is 8.64. The summed E-state index contributed by atoms with van der Waals surface area (Å²) in [6.45, 7) is 2.02. The van der Waals surface area contributed by atoms with Crippen molar-refractivity contribution in [3.8, 4) is 0 Å². The molecule has 0 fully saturated rings. The molecule has 0 unspecified atom stereocenters. The lowest BCUT2D eigenvalue weighted by molar-refractivity contribution is -0.116. The Balaban J connectivity index is 1.92. The van der Waals surface area contributed by atoms with E-state index in [4.69, 9.17) is 5.73 Å². The number of carbonyl (C=O) groups is 1. The van der Waals surface area contributed by atoms with Crippen molar-refractivity contribution in [3.05, 3.63) is 59.4 Å². The molecule has 0 saturated heterocycles. The summed E-state index contributed by atoms with van der Waals surface area (Å²) in [6, 6.07) is 11.9. The van der Waals surface area contributed by atoms with Gasteiger partial charge < -0.3 is 11.1 Å². The van der Waals surface area contributed by atoms with Crippen LogP contribution in [0.1, 0.15) is 17.5 Å². The van der Waals surface area contributed by atoms with Crippen LogP contribution in [0.2, 0.25) is 0 Å². The van der Waals surface area contributed by atoms with E-state index in [1.807, 2.05) is 31.2 Å². The number of halogens is 1. The van der Waals surface area contributed by atoms with Crippen molar-refractivity contribution in [1.82, 2.24) is 0 Å². The van der Waals surface area contributed by atoms with Gasteiger partial charge >= 0.3 is 0 Å². The Morgan fingerprint density at radius 1 is 1.20 bits per heavy atom. The van der Waals surface area contributed by atoms with Crippen LogP contribution in [0.15, 0.2) is 42.5 Å². The number of nitrogens with one attached hydrogen (secondary N) is 1. The molecule has 0 aliphatic heterocycles. The number of anilines is 2. The Labute approximate surface area is 117 Å². The maximum atomic E-state index is 13.1.